The van der Waals surface area contributed by atoms with E-state index in [4.69, 9.17) is 16.3 Å². The van der Waals surface area contributed by atoms with Crippen LogP contribution >= 0.6 is 11.6 Å². The van der Waals surface area contributed by atoms with E-state index in [2.05, 4.69) is 20.4 Å². The quantitative estimate of drug-likeness (QED) is 0.706. The van der Waals surface area contributed by atoms with Gasteiger partial charge in [-0.05, 0) is 45.0 Å². The molecule has 0 fully saturated rings. The molecule has 1 amide bonds. The lowest BCUT2D eigenvalue weighted by Gasteiger charge is -2.12. The van der Waals surface area contributed by atoms with Crippen LogP contribution in [-0.2, 0) is 9.53 Å². The summed E-state index contributed by atoms with van der Waals surface area (Å²) < 4.78 is 6.59. The van der Waals surface area contributed by atoms with Gasteiger partial charge in [0.05, 0.1) is 0 Å². The minimum absolute atomic E-state index is 0.159. The van der Waals surface area contributed by atoms with Crippen LogP contribution in [-0.4, -0.2) is 37.6 Å². The van der Waals surface area contributed by atoms with Crippen LogP contribution in [0.25, 0.3) is 5.78 Å². The zero-order valence-electron chi connectivity index (χ0n) is 14.4. The van der Waals surface area contributed by atoms with Crippen molar-refractivity contribution in [2.75, 3.05) is 5.32 Å². The van der Waals surface area contributed by atoms with Crippen molar-refractivity contribution < 1.29 is 14.3 Å². The van der Waals surface area contributed by atoms with Gasteiger partial charge in [0.15, 0.2) is 6.10 Å². The van der Waals surface area contributed by atoms with Gasteiger partial charge >= 0.3 is 5.97 Å². The van der Waals surface area contributed by atoms with E-state index in [-0.39, 0.29) is 5.82 Å². The van der Waals surface area contributed by atoms with Crippen molar-refractivity contribution in [3.05, 3.63) is 52.6 Å². The van der Waals surface area contributed by atoms with E-state index in [1.54, 1.807) is 24.3 Å². The molecule has 0 bridgehead atoms. The monoisotopic (exact) mass is 373 g/mol. The first-order valence-electron chi connectivity index (χ1n) is 7.82. The smallest absolute Gasteiger partial charge is 0.379 e. The fourth-order valence-corrected chi connectivity index (χ4v) is 2.52. The number of carbonyl (C=O) groups is 2. The van der Waals surface area contributed by atoms with Gasteiger partial charge in [-0.15, -0.1) is 5.10 Å². The van der Waals surface area contributed by atoms with E-state index in [0.717, 1.165) is 11.4 Å². The summed E-state index contributed by atoms with van der Waals surface area (Å²) in [5.74, 6) is -1.16. The van der Waals surface area contributed by atoms with Crippen LogP contribution in [0.3, 0.4) is 0 Å². The lowest BCUT2D eigenvalue weighted by Crippen LogP contribution is -2.30. The predicted octanol–water partition coefficient (Wildman–Crippen LogP) is 2.58. The molecule has 26 heavy (non-hydrogen) atoms. The molecule has 1 atom stereocenters. The molecule has 1 N–H and O–H groups in total. The molecule has 1 aromatic carbocycles. The highest BCUT2D eigenvalue weighted by Gasteiger charge is 2.23. The number of anilines is 1. The van der Waals surface area contributed by atoms with Crippen molar-refractivity contribution in [2.24, 2.45) is 0 Å². The third kappa shape index (κ3) is 3.80. The number of carbonyl (C=O) groups excluding carboxylic acids is 2. The van der Waals surface area contributed by atoms with Gasteiger partial charge in [-0.25, -0.2) is 14.3 Å². The fraction of sp³-hybridized carbons (Fsp3) is 0.235. The van der Waals surface area contributed by atoms with E-state index < -0.39 is 18.0 Å². The second kappa shape index (κ2) is 7.09. The molecule has 0 saturated carbocycles. The Balaban J connectivity index is 1.70. The number of halogens is 1. The van der Waals surface area contributed by atoms with Gasteiger partial charge < -0.3 is 10.1 Å². The molecule has 2 heterocycles. The summed E-state index contributed by atoms with van der Waals surface area (Å²) in [6.45, 7) is 5.11. The fourth-order valence-electron chi connectivity index (χ4n) is 2.33. The number of fused-ring (bicyclic) bond motifs is 1. The Kier molecular flexibility index (Phi) is 4.85. The van der Waals surface area contributed by atoms with Gasteiger partial charge in [0.1, 0.15) is 0 Å². The standard InChI is InChI=1S/C17H16ClN5O3/c1-9-7-10(2)23-17(19-9)21-14(22-23)16(25)26-11(3)15(24)20-13-6-4-5-12(18)8-13/h4-8,11H,1-3H3,(H,20,24)/t11-/m1/s1. The second-order valence-electron chi connectivity index (χ2n) is 5.73. The van der Waals surface area contributed by atoms with Crippen LogP contribution in [0.2, 0.25) is 5.02 Å². The number of benzene rings is 1. The Morgan fingerprint density at radius 1 is 1.23 bits per heavy atom. The zero-order chi connectivity index (χ0) is 18.8. The summed E-state index contributed by atoms with van der Waals surface area (Å²) in [5.41, 5.74) is 2.05. The minimum atomic E-state index is -1.04. The van der Waals surface area contributed by atoms with E-state index in [1.165, 1.54) is 11.4 Å². The first-order chi connectivity index (χ1) is 12.3. The van der Waals surface area contributed by atoms with Crippen LogP contribution in [0, 0.1) is 13.8 Å². The molecule has 0 radical (unpaired) electrons. The average Bonchev–Trinajstić information content (AvgIpc) is 2.99. The number of aryl methyl sites for hydroxylation is 2. The van der Waals surface area contributed by atoms with Gasteiger partial charge in [0.2, 0.25) is 0 Å². The Hall–Kier alpha value is -3.00. The van der Waals surface area contributed by atoms with E-state index in [1.807, 2.05) is 19.9 Å². The molecule has 3 rings (SSSR count). The summed E-state index contributed by atoms with van der Waals surface area (Å²) >= 11 is 5.87. The largest absolute Gasteiger partial charge is 0.447 e. The highest BCUT2D eigenvalue weighted by molar-refractivity contribution is 6.30. The summed E-state index contributed by atoms with van der Waals surface area (Å²) in [6, 6.07) is 8.48. The maximum Gasteiger partial charge on any atom is 0.379 e. The Morgan fingerprint density at radius 3 is 2.73 bits per heavy atom. The average molecular weight is 374 g/mol. The van der Waals surface area contributed by atoms with Crippen molar-refractivity contribution in [3.63, 3.8) is 0 Å². The SMILES string of the molecule is Cc1cc(C)n2nc(C(=O)O[C@H](C)C(=O)Nc3cccc(Cl)c3)nc2n1. The maximum absolute atomic E-state index is 12.2. The van der Waals surface area contributed by atoms with Gasteiger partial charge in [-0.3, -0.25) is 4.79 Å². The highest BCUT2D eigenvalue weighted by Crippen LogP contribution is 2.15. The van der Waals surface area contributed by atoms with Crippen molar-refractivity contribution >= 4 is 34.9 Å². The first-order valence-corrected chi connectivity index (χ1v) is 8.20. The van der Waals surface area contributed by atoms with E-state index in [0.29, 0.717) is 16.5 Å². The summed E-state index contributed by atoms with van der Waals surface area (Å²) in [4.78, 5) is 32.7. The number of rotatable bonds is 4. The number of hydrogen-bond acceptors (Lipinski definition) is 6. The Bertz CT molecular complexity index is 1000. The number of nitrogens with zero attached hydrogens (tertiary/aromatic N) is 4. The number of nitrogens with one attached hydrogen (secondary N) is 1. The molecule has 0 saturated heterocycles. The summed E-state index contributed by atoms with van der Waals surface area (Å²) in [6.07, 6.45) is -1.04. The van der Waals surface area contributed by atoms with E-state index >= 15 is 0 Å². The number of esters is 1. The molecule has 9 heteroatoms. The Labute approximate surface area is 154 Å². The van der Waals surface area contributed by atoms with Crippen molar-refractivity contribution in [1.82, 2.24) is 19.6 Å². The second-order valence-corrected chi connectivity index (χ2v) is 6.17. The molecular formula is C17H16ClN5O3. The van der Waals surface area contributed by atoms with Crippen molar-refractivity contribution in [2.45, 2.75) is 26.9 Å². The van der Waals surface area contributed by atoms with Crippen LogP contribution in [0.15, 0.2) is 30.3 Å². The Morgan fingerprint density at radius 2 is 2.00 bits per heavy atom. The van der Waals surface area contributed by atoms with Crippen LogP contribution in [0.4, 0.5) is 5.69 Å². The maximum atomic E-state index is 12.2. The van der Waals surface area contributed by atoms with Gasteiger partial charge in [-0.1, -0.05) is 17.7 Å². The molecule has 0 aliphatic heterocycles. The topological polar surface area (TPSA) is 98.5 Å². The minimum Gasteiger partial charge on any atom is -0.447 e. The molecule has 134 valence electrons. The number of aromatic nitrogens is 4. The zero-order valence-corrected chi connectivity index (χ0v) is 15.1. The van der Waals surface area contributed by atoms with Crippen LogP contribution in [0.1, 0.15) is 28.9 Å². The summed E-state index contributed by atoms with van der Waals surface area (Å²) in [5, 5.41) is 7.19. The molecule has 0 spiro atoms. The molecule has 8 nitrogen and oxygen atoms in total. The molecule has 3 aromatic rings. The molecule has 0 unspecified atom stereocenters. The van der Waals surface area contributed by atoms with Gasteiger partial charge in [0, 0.05) is 22.1 Å². The van der Waals surface area contributed by atoms with Crippen molar-refractivity contribution in [3.8, 4) is 0 Å². The molecular weight excluding hydrogens is 358 g/mol. The van der Waals surface area contributed by atoms with Crippen molar-refractivity contribution in [1.29, 1.82) is 0 Å². The van der Waals surface area contributed by atoms with Gasteiger partial charge in [0.25, 0.3) is 17.5 Å². The molecule has 0 aliphatic rings. The molecule has 2 aromatic heterocycles. The normalized spacial score (nSPS) is 12.0. The van der Waals surface area contributed by atoms with Crippen LogP contribution < -0.4 is 5.32 Å². The van der Waals surface area contributed by atoms with Crippen LogP contribution in [0.5, 0.6) is 0 Å². The lowest BCUT2D eigenvalue weighted by molar-refractivity contribution is -0.123. The summed E-state index contributed by atoms with van der Waals surface area (Å²) in [7, 11) is 0. The molecule has 0 aliphatic carbocycles. The number of hydrogen-bond donors (Lipinski definition) is 1. The predicted molar refractivity (Wildman–Crippen MR) is 95.2 cm³/mol. The lowest BCUT2D eigenvalue weighted by atomic mass is 10.3. The third-order valence-electron chi connectivity index (χ3n) is 3.55. The number of ether oxygens (including phenoxy) is 1. The first kappa shape index (κ1) is 17.8. The highest BCUT2D eigenvalue weighted by atomic mass is 35.5. The third-order valence-corrected chi connectivity index (χ3v) is 3.78. The number of amides is 1. The van der Waals surface area contributed by atoms with E-state index in [9.17, 15) is 9.59 Å². The van der Waals surface area contributed by atoms with Gasteiger partial charge in [-0.2, -0.15) is 4.98 Å².